The summed E-state index contributed by atoms with van der Waals surface area (Å²) >= 11 is 0. The summed E-state index contributed by atoms with van der Waals surface area (Å²) in [4.78, 5) is 8.90. The highest BCUT2D eigenvalue weighted by atomic mass is 19.4. The van der Waals surface area contributed by atoms with Crippen LogP contribution >= 0.6 is 0 Å². The van der Waals surface area contributed by atoms with Gasteiger partial charge in [0.2, 0.25) is 0 Å². The zero-order chi connectivity index (χ0) is 19.3. The molecule has 5 nitrogen and oxygen atoms in total. The van der Waals surface area contributed by atoms with E-state index < -0.39 is 12.1 Å². The van der Waals surface area contributed by atoms with Crippen LogP contribution in [-0.4, -0.2) is 27.4 Å². The molecule has 0 aliphatic heterocycles. The first-order valence-electron chi connectivity index (χ1n) is 7.14. The van der Waals surface area contributed by atoms with Gasteiger partial charge >= 0.3 is 12.1 Å². The third-order valence-corrected chi connectivity index (χ3v) is 3.24. The molecule has 0 aliphatic rings. The van der Waals surface area contributed by atoms with Crippen molar-refractivity contribution in [2.45, 2.75) is 6.18 Å². The number of carbonyl (C=O) groups is 1. The van der Waals surface area contributed by atoms with Crippen molar-refractivity contribution in [3.05, 3.63) is 60.5 Å². The van der Waals surface area contributed by atoms with E-state index in [0.29, 0.717) is 0 Å². The van der Waals surface area contributed by atoms with E-state index in [1.807, 2.05) is 24.3 Å². The number of nitrogens with one attached hydrogen (secondary N) is 1. The maximum absolute atomic E-state index is 13.0. The van der Waals surface area contributed by atoms with E-state index in [9.17, 15) is 17.6 Å². The van der Waals surface area contributed by atoms with Crippen LogP contribution < -0.4 is 5.73 Å². The van der Waals surface area contributed by atoms with Gasteiger partial charge in [-0.25, -0.2) is 9.18 Å². The smallest absolute Gasteiger partial charge is 0.475 e. The van der Waals surface area contributed by atoms with Gasteiger partial charge in [-0.15, -0.1) is 0 Å². The van der Waals surface area contributed by atoms with Crippen molar-refractivity contribution in [1.82, 2.24) is 10.2 Å². The van der Waals surface area contributed by atoms with Gasteiger partial charge < -0.3 is 10.8 Å². The lowest BCUT2D eigenvalue weighted by molar-refractivity contribution is -0.192. The number of aromatic nitrogens is 2. The van der Waals surface area contributed by atoms with Crippen molar-refractivity contribution in [2.75, 3.05) is 5.73 Å². The van der Waals surface area contributed by atoms with E-state index in [-0.39, 0.29) is 5.82 Å². The molecular formula is C17H13F4N3O2. The van der Waals surface area contributed by atoms with Gasteiger partial charge in [0.25, 0.3) is 0 Å². The van der Waals surface area contributed by atoms with Crippen molar-refractivity contribution < 1.29 is 27.5 Å². The summed E-state index contributed by atoms with van der Waals surface area (Å²) in [6.45, 7) is 0. The molecule has 0 saturated carbocycles. The quantitative estimate of drug-likeness (QED) is 0.470. The summed E-state index contributed by atoms with van der Waals surface area (Å²) in [5.74, 6) is -3.01. The monoisotopic (exact) mass is 367 g/mol. The number of H-pyrrole nitrogens is 1. The summed E-state index contributed by atoms with van der Waals surface area (Å²) in [6, 6.07) is 13.9. The fourth-order valence-electron chi connectivity index (χ4n) is 2.00. The standard InChI is InChI=1S/C15H12FN3.C2HF3O2/c16-12-5-1-11(2-6-12)15-14(9-18-19-15)10-3-7-13(17)8-4-10;3-2(4,5)1(6)7/h1-9H,17H2,(H,18,19);(H,6,7). The maximum atomic E-state index is 13.0. The van der Waals surface area contributed by atoms with E-state index in [4.69, 9.17) is 15.6 Å². The second-order valence-corrected chi connectivity index (χ2v) is 5.09. The van der Waals surface area contributed by atoms with Gasteiger partial charge in [0, 0.05) is 16.8 Å². The summed E-state index contributed by atoms with van der Waals surface area (Å²) < 4.78 is 44.7. The number of aliphatic carboxylic acids is 1. The van der Waals surface area contributed by atoms with Gasteiger partial charge in [-0.2, -0.15) is 18.3 Å². The Morgan fingerprint density at radius 3 is 2.00 bits per heavy atom. The van der Waals surface area contributed by atoms with Crippen LogP contribution in [0, 0.1) is 5.82 Å². The number of hydrogen-bond donors (Lipinski definition) is 3. The number of nitrogens with two attached hydrogens (primary N) is 1. The molecule has 0 unspecified atom stereocenters. The summed E-state index contributed by atoms with van der Waals surface area (Å²) in [7, 11) is 0. The number of nitrogen functional groups attached to an aromatic ring is 1. The second-order valence-electron chi connectivity index (χ2n) is 5.09. The van der Waals surface area contributed by atoms with Crippen LogP contribution in [0.4, 0.5) is 23.2 Å². The number of alkyl halides is 3. The Labute approximate surface area is 145 Å². The molecule has 0 spiro atoms. The average molecular weight is 367 g/mol. The number of benzene rings is 2. The molecule has 1 aromatic heterocycles. The van der Waals surface area contributed by atoms with Crippen molar-refractivity contribution in [3.8, 4) is 22.4 Å². The third-order valence-electron chi connectivity index (χ3n) is 3.24. The molecule has 1 heterocycles. The van der Waals surface area contributed by atoms with Crippen molar-refractivity contribution >= 4 is 11.7 Å². The lowest BCUT2D eigenvalue weighted by Gasteiger charge is -2.04. The highest BCUT2D eigenvalue weighted by Gasteiger charge is 2.38. The highest BCUT2D eigenvalue weighted by molar-refractivity contribution is 5.80. The van der Waals surface area contributed by atoms with Gasteiger partial charge in [-0.1, -0.05) is 12.1 Å². The minimum Gasteiger partial charge on any atom is -0.475 e. The Bertz CT molecular complexity index is 812. The Morgan fingerprint density at radius 2 is 1.50 bits per heavy atom. The van der Waals surface area contributed by atoms with E-state index >= 15 is 0 Å². The summed E-state index contributed by atoms with van der Waals surface area (Å²) in [5, 5.41) is 14.1. The predicted molar refractivity (Wildman–Crippen MR) is 87.5 cm³/mol. The summed E-state index contributed by atoms with van der Waals surface area (Å²) in [5.41, 5.74) is 10.1. The first kappa shape index (κ1) is 19.0. The molecule has 3 aromatic rings. The second kappa shape index (κ2) is 7.68. The van der Waals surface area contributed by atoms with Gasteiger partial charge in [0.1, 0.15) is 5.82 Å². The Kier molecular flexibility index (Phi) is 5.61. The summed E-state index contributed by atoms with van der Waals surface area (Å²) in [6.07, 6.45) is -3.33. The fraction of sp³-hybridized carbons (Fsp3) is 0.0588. The molecule has 0 fully saturated rings. The fourth-order valence-corrected chi connectivity index (χ4v) is 2.00. The first-order valence-corrected chi connectivity index (χ1v) is 7.14. The van der Waals surface area contributed by atoms with Gasteiger partial charge in [-0.3, -0.25) is 5.10 Å². The molecule has 136 valence electrons. The van der Waals surface area contributed by atoms with E-state index in [1.54, 1.807) is 18.3 Å². The molecule has 9 heteroatoms. The highest BCUT2D eigenvalue weighted by Crippen LogP contribution is 2.30. The normalized spacial score (nSPS) is 10.8. The largest absolute Gasteiger partial charge is 0.490 e. The number of carboxylic acid groups (broad SMARTS) is 1. The van der Waals surface area contributed by atoms with E-state index in [0.717, 1.165) is 28.1 Å². The van der Waals surface area contributed by atoms with E-state index in [2.05, 4.69) is 10.2 Å². The molecular weight excluding hydrogens is 354 g/mol. The number of halogens is 4. The van der Waals surface area contributed by atoms with Crippen LogP contribution in [0.25, 0.3) is 22.4 Å². The molecule has 0 saturated heterocycles. The minimum absolute atomic E-state index is 0.253. The van der Waals surface area contributed by atoms with Crippen LogP contribution in [0.3, 0.4) is 0 Å². The molecule has 0 radical (unpaired) electrons. The van der Waals surface area contributed by atoms with Crippen molar-refractivity contribution in [1.29, 1.82) is 0 Å². The van der Waals surface area contributed by atoms with Crippen LogP contribution in [0.1, 0.15) is 0 Å². The van der Waals surface area contributed by atoms with Crippen LogP contribution in [-0.2, 0) is 4.79 Å². The Morgan fingerprint density at radius 1 is 1.00 bits per heavy atom. The number of anilines is 1. The van der Waals surface area contributed by atoms with Crippen molar-refractivity contribution in [3.63, 3.8) is 0 Å². The number of aromatic amines is 1. The lowest BCUT2D eigenvalue weighted by Crippen LogP contribution is -2.21. The molecule has 0 bridgehead atoms. The molecule has 4 N–H and O–H groups in total. The van der Waals surface area contributed by atoms with Gasteiger partial charge in [0.05, 0.1) is 11.9 Å². The number of hydrogen-bond acceptors (Lipinski definition) is 3. The zero-order valence-electron chi connectivity index (χ0n) is 13.1. The zero-order valence-corrected chi connectivity index (χ0v) is 13.1. The number of nitrogens with zero attached hydrogens (tertiary/aromatic N) is 1. The van der Waals surface area contributed by atoms with Crippen LogP contribution in [0.5, 0.6) is 0 Å². The molecule has 3 rings (SSSR count). The molecule has 0 atom stereocenters. The van der Waals surface area contributed by atoms with Gasteiger partial charge in [0.15, 0.2) is 0 Å². The molecule has 0 aliphatic carbocycles. The Balaban J connectivity index is 0.000000298. The molecule has 26 heavy (non-hydrogen) atoms. The molecule has 2 aromatic carbocycles. The van der Waals surface area contributed by atoms with Crippen LogP contribution in [0.15, 0.2) is 54.7 Å². The predicted octanol–water partition coefficient (Wildman–Crippen LogP) is 4.10. The van der Waals surface area contributed by atoms with E-state index in [1.165, 1.54) is 12.1 Å². The maximum Gasteiger partial charge on any atom is 0.490 e. The van der Waals surface area contributed by atoms with Gasteiger partial charge in [-0.05, 0) is 42.0 Å². The lowest BCUT2D eigenvalue weighted by atomic mass is 10.0. The number of carboxylic acids is 1. The first-order chi connectivity index (χ1) is 12.2. The SMILES string of the molecule is Nc1ccc(-c2cn[nH]c2-c2ccc(F)cc2)cc1.O=C(O)C(F)(F)F. The topological polar surface area (TPSA) is 92.0 Å². The minimum atomic E-state index is -5.08. The van der Waals surface area contributed by atoms with Crippen molar-refractivity contribution in [2.24, 2.45) is 0 Å². The number of rotatable bonds is 2. The average Bonchev–Trinajstić information content (AvgIpc) is 3.05. The third kappa shape index (κ3) is 4.82. The molecule has 0 amide bonds. The van der Waals surface area contributed by atoms with Crippen LogP contribution in [0.2, 0.25) is 0 Å². The Hall–Kier alpha value is -3.36.